The maximum atomic E-state index is 15.1. The van der Waals surface area contributed by atoms with Gasteiger partial charge in [-0.1, -0.05) is 41.4 Å². The lowest BCUT2D eigenvalue weighted by molar-refractivity contribution is -0.121. The number of hydrogen-bond donors (Lipinski definition) is 1. The van der Waals surface area contributed by atoms with Crippen LogP contribution >= 0.6 is 23.2 Å². The van der Waals surface area contributed by atoms with Crippen molar-refractivity contribution < 1.29 is 19.0 Å². The van der Waals surface area contributed by atoms with Crippen molar-refractivity contribution in [3.8, 4) is 0 Å². The van der Waals surface area contributed by atoms with Crippen LogP contribution in [0.1, 0.15) is 27.3 Å². The van der Waals surface area contributed by atoms with Crippen LogP contribution in [0.25, 0.3) is 0 Å². The summed E-state index contributed by atoms with van der Waals surface area (Å²) in [6, 6.07) is 10.8. The van der Waals surface area contributed by atoms with Gasteiger partial charge in [0.15, 0.2) is 5.72 Å². The van der Waals surface area contributed by atoms with Crippen LogP contribution in [0.15, 0.2) is 54.9 Å². The Morgan fingerprint density at radius 2 is 1.77 bits per heavy atom. The van der Waals surface area contributed by atoms with Gasteiger partial charge in [0.05, 0.1) is 35.9 Å². The van der Waals surface area contributed by atoms with Crippen molar-refractivity contribution in [2.24, 2.45) is 0 Å². The van der Waals surface area contributed by atoms with Gasteiger partial charge in [-0.25, -0.2) is 14.4 Å². The summed E-state index contributed by atoms with van der Waals surface area (Å²) in [6.07, 6.45) is 2.83. The van der Waals surface area contributed by atoms with Gasteiger partial charge in [-0.05, 0) is 24.3 Å². The zero-order chi connectivity index (χ0) is 21.3. The Kier molecular flexibility index (Phi) is 5.71. The first-order valence-electron chi connectivity index (χ1n) is 9.05. The standard InChI is InChI=1S/C21H16Cl2FN3O3/c22-14-6-4-13(5-7-14)21(30-9-8-28)19-16(2-1-3-17(19)24)20(29)27(21)12-18-25-10-15(23)11-26-18/h1-7,10-11,28H,8-9,12H2. The third-order valence-corrected chi connectivity index (χ3v) is 5.27. The SMILES string of the molecule is O=C1c2cccc(F)c2C(OCCO)(c2ccc(Cl)cc2)N1Cc1ncc(Cl)cn1. The Morgan fingerprint density at radius 1 is 1.07 bits per heavy atom. The monoisotopic (exact) mass is 447 g/mol. The molecule has 30 heavy (non-hydrogen) atoms. The van der Waals surface area contributed by atoms with Gasteiger partial charge in [-0.3, -0.25) is 9.69 Å². The van der Waals surface area contributed by atoms with E-state index in [0.29, 0.717) is 21.4 Å². The van der Waals surface area contributed by atoms with Crippen molar-refractivity contribution in [2.75, 3.05) is 13.2 Å². The molecule has 1 amide bonds. The lowest BCUT2D eigenvalue weighted by Crippen LogP contribution is -2.47. The van der Waals surface area contributed by atoms with E-state index < -0.39 is 17.4 Å². The molecule has 154 valence electrons. The van der Waals surface area contributed by atoms with E-state index in [1.807, 2.05) is 0 Å². The van der Waals surface area contributed by atoms with Crippen molar-refractivity contribution in [3.63, 3.8) is 0 Å². The number of nitrogens with zero attached hydrogens (tertiary/aromatic N) is 3. The molecule has 0 spiro atoms. The van der Waals surface area contributed by atoms with E-state index in [-0.39, 0.29) is 30.9 Å². The lowest BCUT2D eigenvalue weighted by Gasteiger charge is -2.39. The molecule has 0 radical (unpaired) electrons. The number of hydrogen-bond acceptors (Lipinski definition) is 5. The van der Waals surface area contributed by atoms with Crippen molar-refractivity contribution in [1.29, 1.82) is 0 Å². The molecule has 0 bridgehead atoms. The largest absolute Gasteiger partial charge is 0.394 e. The van der Waals surface area contributed by atoms with Crippen LogP contribution in [-0.4, -0.2) is 39.1 Å². The summed E-state index contributed by atoms with van der Waals surface area (Å²) in [5, 5.41) is 10.3. The summed E-state index contributed by atoms with van der Waals surface area (Å²) < 4.78 is 21.2. The number of benzene rings is 2. The Morgan fingerprint density at radius 3 is 2.43 bits per heavy atom. The number of ether oxygens (including phenoxy) is 1. The maximum absolute atomic E-state index is 15.1. The molecule has 1 aliphatic heterocycles. The van der Waals surface area contributed by atoms with Crippen LogP contribution in [0.5, 0.6) is 0 Å². The number of aromatic nitrogens is 2. The first-order valence-corrected chi connectivity index (χ1v) is 9.81. The van der Waals surface area contributed by atoms with E-state index in [9.17, 15) is 9.90 Å². The normalized spacial score (nSPS) is 18.0. The van der Waals surface area contributed by atoms with Gasteiger partial charge < -0.3 is 9.84 Å². The van der Waals surface area contributed by atoms with Crippen molar-refractivity contribution >= 4 is 29.1 Å². The fourth-order valence-electron chi connectivity index (χ4n) is 3.62. The quantitative estimate of drug-likeness (QED) is 0.621. The number of amides is 1. The molecule has 3 aromatic rings. The molecule has 9 heteroatoms. The highest BCUT2D eigenvalue weighted by molar-refractivity contribution is 6.30. The fraction of sp³-hybridized carbons (Fsp3) is 0.190. The minimum absolute atomic E-state index is 0.0692. The van der Waals surface area contributed by atoms with E-state index in [4.69, 9.17) is 27.9 Å². The molecular formula is C21H16Cl2FN3O3. The topological polar surface area (TPSA) is 75.6 Å². The molecule has 0 aliphatic carbocycles. The smallest absolute Gasteiger partial charge is 0.257 e. The first-order chi connectivity index (χ1) is 14.5. The van der Waals surface area contributed by atoms with Gasteiger partial charge in [-0.15, -0.1) is 0 Å². The summed E-state index contributed by atoms with van der Waals surface area (Å²) in [4.78, 5) is 23.0. The molecule has 0 saturated carbocycles. The highest BCUT2D eigenvalue weighted by Crippen LogP contribution is 2.47. The number of carbonyl (C=O) groups excluding carboxylic acids is 1. The van der Waals surface area contributed by atoms with Crippen molar-refractivity contribution in [3.05, 3.63) is 93.2 Å². The highest BCUT2D eigenvalue weighted by atomic mass is 35.5. The molecule has 1 aromatic heterocycles. The van der Waals surface area contributed by atoms with Gasteiger partial charge in [0, 0.05) is 23.0 Å². The summed E-state index contributed by atoms with van der Waals surface area (Å²) in [5.74, 6) is -0.754. The zero-order valence-corrected chi connectivity index (χ0v) is 17.1. The number of carbonyl (C=O) groups is 1. The second-order valence-electron chi connectivity index (χ2n) is 6.59. The molecular weight excluding hydrogens is 432 g/mol. The lowest BCUT2D eigenvalue weighted by atomic mass is 9.92. The van der Waals surface area contributed by atoms with Crippen LogP contribution in [-0.2, 0) is 17.0 Å². The molecule has 0 fully saturated rings. The van der Waals surface area contributed by atoms with E-state index >= 15 is 4.39 Å². The molecule has 1 N–H and O–H groups in total. The minimum Gasteiger partial charge on any atom is -0.394 e. The predicted octanol–water partition coefficient (Wildman–Crippen LogP) is 3.79. The van der Waals surface area contributed by atoms with E-state index in [0.717, 1.165) is 0 Å². The zero-order valence-electron chi connectivity index (χ0n) is 15.6. The summed E-state index contributed by atoms with van der Waals surface area (Å²) in [6.45, 7) is -0.529. The van der Waals surface area contributed by atoms with Crippen molar-refractivity contribution in [1.82, 2.24) is 14.9 Å². The molecule has 1 atom stereocenters. The van der Waals surface area contributed by atoms with Crippen molar-refractivity contribution in [2.45, 2.75) is 12.3 Å². The van der Waals surface area contributed by atoms with Crippen LogP contribution in [0.2, 0.25) is 10.0 Å². The van der Waals surface area contributed by atoms with Gasteiger partial charge in [-0.2, -0.15) is 0 Å². The Bertz CT molecular complexity index is 1080. The number of aliphatic hydroxyl groups is 1. The van der Waals surface area contributed by atoms with Gasteiger partial charge in [0.1, 0.15) is 11.6 Å². The summed E-state index contributed by atoms with van der Waals surface area (Å²) in [5.41, 5.74) is -0.920. The van der Waals surface area contributed by atoms with E-state index in [1.54, 1.807) is 24.3 Å². The molecule has 6 nitrogen and oxygen atoms in total. The van der Waals surface area contributed by atoms with E-state index in [2.05, 4.69) is 9.97 Å². The third-order valence-electron chi connectivity index (χ3n) is 4.82. The molecule has 1 aliphatic rings. The summed E-state index contributed by atoms with van der Waals surface area (Å²) in [7, 11) is 0. The van der Waals surface area contributed by atoms with Gasteiger partial charge in [0.25, 0.3) is 5.91 Å². The average molecular weight is 448 g/mol. The van der Waals surface area contributed by atoms with Crippen LogP contribution in [0.4, 0.5) is 4.39 Å². The van der Waals surface area contributed by atoms with E-state index in [1.165, 1.54) is 35.5 Å². The fourth-order valence-corrected chi connectivity index (χ4v) is 3.84. The Labute approximate surface area is 181 Å². The number of rotatable bonds is 6. The molecule has 4 rings (SSSR count). The van der Waals surface area contributed by atoms with Crippen LogP contribution < -0.4 is 0 Å². The number of fused-ring (bicyclic) bond motifs is 1. The Balaban J connectivity index is 1.93. The van der Waals surface area contributed by atoms with Gasteiger partial charge >= 0.3 is 0 Å². The second kappa shape index (κ2) is 8.28. The maximum Gasteiger partial charge on any atom is 0.257 e. The predicted molar refractivity (Wildman–Crippen MR) is 109 cm³/mol. The molecule has 1 unspecified atom stereocenters. The highest BCUT2D eigenvalue weighted by Gasteiger charge is 2.54. The van der Waals surface area contributed by atoms with Gasteiger partial charge in [0.2, 0.25) is 0 Å². The van der Waals surface area contributed by atoms with Crippen LogP contribution in [0.3, 0.4) is 0 Å². The molecule has 2 heterocycles. The number of aliphatic hydroxyl groups excluding tert-OH is 1. The summed E-state index contributed by atoms with van der Waals surface area (Å²) >= 11 is 11.9. The minimum atomic E-state index is -1.63. The molecule has 2 aromatic carbocycles. The molecule has 0 saturated heterocycles. The first kappa shape index (κ1) is 20.7. The Hall–Kier alpha value is -2.58. The third kappa shape index (κ3) is 3.44. The second-order valence-corrected chi connectivity index (χ2v) is 7.47. The average Bonchev–Trinajstić information content (AvgIpc) is 2.99. The number of halogens is 3. The van der Waals surface area contributed by atoms with Crippen LogP contribution in [0, 0.1) is 5.82 Å².